The number of likely N-dealkylation sites (tertiary alicyclic amines) is 1. The Bertz CT molecular complexity index is 1040. The van der Waals surface area contributed by atoms with Gasteiger partial charge in [0.05, 0.1) is 0 Å². The van der Waals surface area contributed by atoms with Crippen LogP contribution in [-0.4, -0.2) is 58.0 Å². The van der Waals surface area contributed by atoms with Crippen molar-refractivity contribution in [2.45, 2.75) is 37.5 Å². The van der Waals surface area contributed by atoms with Crippen molar-refractivity contribution < 1.29 is 22.8 Å². The van der Waals surface area contributed by atoms with E-state index in [1.54, 1.807) is 0 Å². The van der Waals surface area contributed by atoms with Gasteiger partial charge in [0, 0.05) is 23.8 Å². The van der Waals surface area contributed by atoms with Gasteiger partial charge in [0.1, 0.15) is 30.4 Å². The Labute approximate surface area is 186 Å². The van der Waals surface area contributed by atoms with Gasteiger partial charge < -0.3 is 16.0 Å². The van der Waals surface area contributed by atoms with Crippen LogP contribution in [0.15, 0.2) is 24.5 Å². The number of nitrogens with zero attached hydrogens (tertiary/aromatic N) is 4. The maximum atomic E-state index is 14.9. The lowest BCUT2D eigenvalue weighted by atomic mass is 9.95. The average Bonchev–Trinajstić information content (AvgIpc) is 2.72. The normalized spacial score (nSPS) is 24.1. The van der Waals surface area contributed by atoms with Crippen LogP contribution in [0, 0.1) is 11.6 Å². The van der Waals surface area contributed by atoms with Crippen LogP contribution < -0.4 is 16.0 Å². The first kappa shape index (κ1) is 22.1. The van der Waals surface area contributed by atoms with Gasteiger partial charge in [-0.05, 0) is 37.5 Å². The predicted molar refractivity (Wildman–Crippen MR) is 112 cm³/mol. The van der Waals surface area contributed by atoms with E-state index in [2.05, 4.69) is 15.3 Å². The van der Waals surface area contributed by atoms with E-state index < -0.39 is 47.5 Å². The molecule has 0 spiro atoms. The molecule has 0 unspecified atom stereocenters. The minimum atomic E-state index is -1.63. The quantitative estimate of drug-likeness (QED) is 0.714. The molecular formula is C20H20ClF3N6O2. The van der Waals surface area contributed by atoms with E-state index in [1.165, 1.54) is 12.1 Å². The summed E-state index contributed by atoms with van der Waals surface area (Å²) in [7, 11) is 0. The van der Waals surface area contributed by atoms with E-state index in [9.17, 15) is 22.8 Å². The lowest BCUT2D eigenvalue weighted by molar-refractivity contribution is -0.146. The number of hydrogen-bond donors (Lipinski definition) is 2. The van der Waals surface area contributed by atoms with Crippen molar-refractivity contribution >= 4 is 40.7 Å². The van der Waals surface area contributed by atoms with Crippen LogP contribution in [0.1, 0.15) is 19.3 Å². The molecule has 3 heterocycles. The van der Waals surface area contributed by atoms with Gasteiger partial charge >= 0.3 is 0 Å². The second kappa shape index (κ2) is 8.81. The Morgan fingerprint density at radius 2 is 1.88 bits per heavy atom. The maximum Gasteiger partial charge on any atom is 0.254 e. The van der Waals surface area contributed by atoms with Gasteiger partial charge in [-0.15, -0.1) is 0 Å². The number of alkyl halides is 1. The number of nitrogens with two attached hydrogens (primary N) is 1. The third-order valence-corrected chi connectivity index (χ3v) is 5.77. The van der Waals surface area contributed by atoms with E-state index in [0.717, 1.165) is 22.2 Å². The SMILES string of the molecule is Nc1ncnc(N2CC[C@H](F)[C@H](N3CCC[C@H](Nc4cc(F)cc(Cl)c4)C3=O)C2=O)c1F. The molecule has 32 heavy (non-hydrogen) atoms. The molecule has 2 aromatic rings. The Balaban J connectivity index is 1.57. The zero-order valence-corrected chi connectivity index (χ0v) is 17.5. The minimum Gasteiger partial charge on any atom is -0.381 e. The number of hydrogen-bond acceptors (Lipinski definition) is 6. The van der Waals surface area contributed by atoms with E-state index in [0.29, 0.717) is 18.5 Å². The number of anilines is 3. The van der Waals surface area contributed by atoms with Crippen LogP contribution in [0.4, 0.5) is 30.5 Å². The molecule has 3 atom stereocenters. The highest BCUT2D eigenvalue weighted by Crippen LogP contribution is 2.30. The third kappa shape index (κ3) is 4.16. The fourth-order valence-electron chi connectivity index (χ4n) is 4.08. The maximum absolute atomic E-state index is 14.9. The zero-order chi connectivity index (χ0) is 23.0. The van der Waals surface area contributed by atoms with Crippen molar-refractivity contribution in [1.29, 1.82) is 0 Å². The summed E-state index contributed by atoms with van der Waals surface area (Å²) >= 11 is 5.87. The molecule has 2 aliphatic rings. The van der Waals surface area contributed by atoms with E-state index in [4.69, 9.17) is 17.3 Å². The second-order valence-electron chi connectivity index (χ2n) is 7.66. The predicted octanol–water partition coefficient (Wildman–Crippen LogP) is 2.54. The van der Waals surface area contributed by atoms with Crippen molar-refractivity contribution in [2.75, 3.05) is 29.0 Å². The van der Waals surface area contributed by atoms with E-state index in [-0.39, 0.29) is 30.4 Å². The molecule has 0 bridgehead atoms. The summed E-state index contributed by atoms with van der Waals surface area (Å²) in [5.41, 5.74) is 5.76. The molecule has 8 nitrogen and oxygen atoms in total. The summed E-state index contributed by atoms with van der Waals surface area (Å²) in [4.78, 5) is 35.7. The topological polar surface area (TPSA) is 104 Å². The standard InChI is InChI=1S/C20H20ClF3N6O2/c21-10-6-11(22)8-12(7-10)28-14-2-1-4-29(19(14)31)16-13(23)3-5-30(20(16)32)18-15(24)17(25)26-9-27-18/h6-9,13-14,16,28H,1-5H2,(H2,25,26,27)/t13-,14-,16-/m0/s1. The lowest BCUT2D eigenvalue weighted by Crippen LogP contribution is -2.63. The van der Waals surface area contributed by atoms with E-state index >= 15 is 0 Å². The molecule has 4 rings (SSSR count). The molecular weight excluding hydrogens is 449 g/mol. The first-order chi connectivity index (χ1) is 15.3. The number of nitrogen functional groups attached to an aromatic ring is 1. The van der Waals surface area contributed by atoms with Crippen LogP contribution in [0.25, 0.3) is 0 Å². The van der Waals surface area contributed by atoms with Crippen molar-refractivity contribution in [3.63, 3.8) is 0 Å². The third-order valence-electron chi connectivity index (χ3n) is 5.56. The van der Waals surface area contributed by atoms with Crippen LogP contribution in [0.3, 0.4) is 0 Å². The fourth-order valence-corrected chi connectivity index (χ4v) is 4.31. The van der Waals surface area contributed by atoms with Gasteiger partial charge in [-0.2, -0.15) is 4.39 Å². The number of halogens is 4. The number of amides is 2. The molecule has 170 valence electrons. The molecule has 2 saturated heterocycles. The van der Waals surface area contributed by atoms with Crippen LogP contribution in [0.2, 0.25) is 5.02 Å². The summed E-state index contributed by atoms with van der Waals surface area (Å²) in [6.07, 6.45) is 0.154. The molecule has 2 fully saturated rings. The van der Waals surface area contributed by atoms with Crippen LogP contribution >= 0.6 is 11.6 Å². The van der Waals surface area contributed by atoms with Gasteiger partial charge in [-0.1, -0.05) is 11.6 Å². The highest BCUT2D eigenvalue weighted by Gasteiger charge is 2.46. The first-order valence-corrected chi connectivity index (χ1v) is 10.4. The van der Waals surface area contributed by atoms with Crippen molar-refractivity contribution in [1.82, 2.24) is 14.9 Å². The Kier molecular flexibility index (Phi) is 6.09. The van der Waals surface area contributed by atoms with Gasteiger partial charge in [-0.25, -0.2) is 18.7 Å². The highest BCUT2D eigenvalue weighted by molar-refractivity contribution is 6.30. The first-order valence-electron chi connectivity index (χ1n) is 10.0. The molecule has 3 N–H and O–H groups in total. The van der Waals surface area contributed by atoms with Gasteiger partial charge in [0.15, 0.2) is 11.6 Å². The average molecular weight is 469 g/mol. The number of carbonyl (C=O) groups excluding carboxylic acids is 2. The number of rotatable bonds is 4. The Morgan fingerprint density at radius 3 is 2.62 bits per heavy atom. The molecule has 0 aliphatic carbocycles. The smallest absolute Gasteiger partial charge is 0.254 e. The largest absolute Gasteiger partial charge is 0.381 e. The minimum absolute atomic E-state index is 0.110. The van der Waals surface area contributed by atoms with Gasteiger partial charge in [0.2, 0.25) is 11.7 Å². The summed E-state index contributed by atoms with van der Waals surface area (Å²) < 4.78 is 43.0. The number of piperidine rings is 2. The van der Waals surface area contributed by atoms with Crippen LogP contribution in [-0.2, 0) is 9.59 Å². The highest BCUT2D eigenvalue weighted by atomic mass is 35.5. The van der Waals surface area contributed by atoms with Crippen molar-refractivity contribution in [3.8, 4) is 0 Å². The molecule has 0 radical (unpaired) electrons. The Hall–Kier alpha value is -3.08. The summed E-state index contributed by atoms with van der Waals surface area (Å²) in [6.45, 7) is 0.0371. The summed E-state index contributed by atoms with van der Waals surface area (Å²) in [5, 5.41) is 3.06. The number of benzene rings is 1. The molecule has 0 saturated carbocycles. The number of carbonyl (C=O) groups is 2. The molecule has 2 aliphatic heterocycles. The Morgan fingerprint density at radius 1 is 1.09 bits per heavy atom. The number of nitrogens with one attached hydrogen (secondary N) is 1. The lowest BCUT2D eigenvalue weighted by Gasteiger charge is -2.43. The van der Waals surface area contributed by atoms with Gasteiger partial charge in [0.25, 0.3) is 5.91 Å². The molecule has 1 aromatic heterocycles. The second-order valence-corrected chi connectivity index (χ2v) is 8.10. The molecule has 2 amide bonds. The zero-order valence-electron chi connectivity index (χ0n) is 16.8. The monoisotopic (exact) mass is 468 g/mol. The molecule has 1 aromatic carbocycles. The van der Waals surface area contributed by atoms with Crippen molar-refractivity contribution in [3.05, 3.63) is 41.2 Å². The van der Waals surface area contributed by atoms with Gasteiger partial charge in [-0.3, -0.25) is 14.5 Å². The number of aromatic nitrogens is 2. The summed E-state index contributed by atoms with van der Waals surface area (Å²) in [5.74, 6) is -3.65. The van der Waals surface area contributed by atoms with Crippen LogP contribution in [0.5, 0.6) is 0 Å². The van der Waals surface area contributed by atoms with E-state index in [1.807, 2.05) is 0 Å². The summed E-state index contributed by atoms with van der Waals surface area (Å²) in [6, 6.07) is 1.54. The van der Waals surface area contributed by atoms with Crippen molar-refractivity contribution in [2.24, 2.45) is 0 Å². The molecule has 12 heteroatoms. The fraction of sp³-hybridized carbons (Fsp3) is 0.400.